The van der Waals surface area contributed by atoms with Gasteiger partial charge in [0.2, 0.25) is 0 Å². The van der Waals surface area contributed by atoms with Gasteiger partial charge in [-0.1, -0.05) is 0 Å². The standard InChI is InChI=1S/C13H11BrF2N2S/c1-6-10-4-7(5-18(10)13(19)17-6)11-9(15)3-2-8(14)12(11)16/h2-3,7H,4-5H2,1H3,(H,17,19)/t7-/m0/s1. The quantitative estimate of drug-likeness (QED) is 0.606. The van der Waals surface area contributed by atoms with Gasteiger partial charge in [0.05, 0.1) is 4.47 Å². The lowest BCUT2D eigenvalue weighted by atomic mass is 9.95. The minimum atomic E-state index is -0.511. The third-order valence-corrected chi connectivity index (χ3v) is 4.56. The lowest BCUT2D eigenvalue weighted by Crippen LogP contribution is -2.07. The van der Waals surface area contributed by atoms with Crippen LogP contribution in [0.1, 0.15) is 22.9 Å². The number of benzene rings is 1. The minimum absolute atomic E-state index is 0.145. The summed E-state index contributed by atoms with van der Waals surface area (Å²) >= 11 is 8.31. The molecule has 0 bridgehead atoms. The van der Waals surface area contributed by atoms with Crippen molar-refractivity contribution in [2.24, 2.45) is 0 Å². The largest absolute Gasteiger partial charge is 0.335 e. The molecule has 1 atom stereocenters. The first-order chi connectivity index (χ1) is 8.99. The van der Waals surface area contributed by atoms with Gasteiger partial charge in [-0.3, -0.25) is 0 Å². The van der Waals surface area contributed by atoms with Gasteiger partial charge in [-0.25, -0.2) is 8.78 Å². The number of hydrogen-bond donors (Lipinski definition) is 1. The highest BCUT2D eigenvalue weighted by atomic mass is 79.9. The predicted octanol–water partition coefficient (Wildman–Crippen LogP) is 4.23. The molecule has 0 saturated carbocycles. The van der Waals surface area contributed by atoms with E-state index < -0.39 is 11.6 Å². The van der Waals surface area contributed by atoms with Crippen LogP contribution in [0, 0.1) is 23.3 Å². The maximum absolute atomic E-state index is 14.1. The molecular formula is C13H11BrF2N2S. The van der Waals surface area contributed by atoms with Gasteiger partial charge in [0.15, 0.2) is 4.77 Å². The number of H-pyrrole nitrogens is 1. The van der Waals surface area contributed by atoms with Gasteiger partial charge in [-0.2, -0.15) is 0 Å². The normalized spacial score (nSPS) is 17.8. The highest BCUT2D eigenvalue weighted by Crippen LogP contribution is 2.36. The van der Waals surface area contributed by atoms with E-state index in [1.807, 2.05) is 11.5 Å². The number of fused-ring (bicyclic) bond motifs is 1. The van der Waals surface area contributed by atoms with Crippen molar-refractivity contribution >= 4 is 28.1 Å². The molecule has 100 valence electrons. The zero-order valence-electron chi connectivity index (χ0n) is 10.1. The smallest absolute Gasteiger partial charge is 0.177 e. The Morgan fingerprint density at radius 2 is 2.16 bits per heavy atom. The van der Waals surface area contributed by atoms with E-state index in [0.29, 0.717) is 22.2 Å². The number of aromatic amines is 1. The topological polar surface area (TPSA) is 20.7 Å². The van der Waals surface area contributed by atoms with Crippen LogP contribution >= 0.6 is 28.1 Å². The Kier molecular flexibility index (Phi) is 3.09. The second kappa shape index (κ2) is 4.52. The first-order valence-corrected chi connectivity index (χ1v) is 7.11. The Balaban J connectivity index is 2.06. The number of nitrogens with one attached hydrogen (secondary N) is 1. The predicted molar refractivity (Wildman–Crippen MR) is 74.9 cm³/mol. The van der Waals surface area contributed by atoms with E-state index in [2.05, 4.69) is 20.9 Å². The summed E-state index contributed by atoms with van der Waals surface area (Å²) in [6.07, 6.45) is 0.600. The summed E-state index contributed by atoms with van der Waals surface area (Å²) in [6, 6.07) is 2.69. The Hall–Kier alpha value is -1.01. The molecule has 0 spiro atoms. The zero-order valence-corrected chi connectivity index (χ0v) is 12.5. The molecule has 2 heterocycles. The summed E-state index contributed by atoms with van der Waals surface area (Å²) < 4.78 is 30.9. The molecule has 3 rings (SSSR count). The fraction of sp³-hybridized carbons (Fsp3) is 0.308. The van der Waals surface area contributed by atoms with Gasteiger partial charge in [0.1, 0.15) is 11.6 Å². The molecule has 6 heteroatoms. The molecular weight excluding hydrogens is 334 g/mol. The van der Waals surface area contributed by atoms with Gasteiger partial charge < -0.3 is 9.55 Å². The van der Waals surface area contributed by atoms with Crippen molar-refractivity contribution in [3.05, 3.63) is 50.0 Å². The molecule has 0 fully saturated rings. The molecule has 1 aromatic heterocycles. The molecule has 0 saturated heterocycles. The number of aryl methyl sites for hydroxylation is 1. The van der Waals surface area contributed by atoms with Crippen LogP contribution in [-0.4, -0.2) is 9.55 Å². The fourth-order valence-electron chi connectivity index (χ4n) is 2.71. The third kappa shape index (κ3) is 1.97. The number of nitrogens with zero attached hydrogens (tertiary/aromatic N) is 1. The molecule has 1 aliphatic heterocycles. The van der Waals surface area contributed by atoms with Crippen LogP contribution in [0.4, 0.5) is 8.78 Å². The van der Waals surface area contributed by atoms with Crippen molar-refractivity contribution in [1.29, 1.82) is 0 Å². The maximum Gasteiger partial charge on any atom is 0.177 e. The second-order valence-corrected chi connectivity index (χ2v) is 6.01. The number of rotatable bonds is 1. The summed E-state index contributed by atoms with van der Waals surface area (Å²) in [5, 5.41) is 0. The lowest BCUT2D eigenvalue weighted by molar-refractivity contribution is 0.509. The van der Waals surface area contributed by atoms with E-state index in [9.17, 15) is 8.78 Å². The fourth-order valence-corrected chi connectivity index (χ4v) is 3.39. The number of aromatic nitrogens is 2. The first-order valence-electron chi connectivity index (χ1n) is 5.90. The van der Waals surface area contributed by atoms with E-state index in [4.69, 9.17) is 12.2 Å². The number of halogens is 3. The molecule has 19 heavy (non-hydrogen) atoms. The van der Waals surface area contributed by atoms with Crippen LogP contribution < -0.4 is 0 Å². The molecule has 2 nitrogen and oxygen atoms in total. The van der Waals surface area contributed by atoms with E-state index in [1.54, 1.807) is 0 Å². The summed E-state index contributed by atoms with van der Waals surface area (Å²) in [7, 11) is 0. The highest BCUT2D eigenvalue weighted by Gasteiger charge is 2.30. The monoisotopic (exact) mass is 344 g/mol. The second-order valence-electron chi connectivity index (χ2n) is 4.77. The minimum Gasteiger partial charge on any atom is -0.335 e. The first kappa shape index (κ1) is 13.0. The van der Waals surface area contributed by atoms with Gasteiger partial charge in [0.25, 0.3) is 0 Å². The van der Waals surface area contributed by atoms with Gasteiger partial charge in [-0.15, -0.1) is 0 Å². The van der Waals surface area contributed by atoms with Crippen LogP contribution in [0.2, 0.25) is 0 Å². The summed E-state index contributed by atoms with van der Waals surface area (Å²) in [5.74, 6) is -1.21. The number of hydrogen-bond acceptors (Lipinski definition) is 1. The van der Waals surface area contributed by atoms with Crippen molar-refractivity contribution in [2.75, 3.05) is 0 Å². The van der Waals surface area contributed by atoms with Crippen LogP contribution in [0.15, 0.2) is 16.6 Å². The molecule has 2 aromatic rings. The maximum atomic E-state index is 14.1. The number of imidazole rings is 1. The molecule has 1 aromatic carbocycles. The summed E-state index contributed by atoms with van der Waals surface area (Å²) in [4.78, 5) is 3.07. The average molecular weight is 345 g/mol. The van der Waals surface area contributed by atoms with E-state index in [0.717, 1.165) is 11.4 Å². The Bertz CT molecular complexity index is 720. The molecule has 1 aliphatic rings. The van der Waals surface area contributed by atoms with Crippen LogP contribution in [0.25, 0.3) is 0 Å². The van der Waals surface area contributed by atoms with Crippen molar-refractivity contribution in [2.45, 2.75) is 25.8 Å². The SMILES string of the molecule is Cc1[nH]c(=S)n2c1C[C@H](c1c(F)ccc(Br)c1F)C2. The van der Waals surface area contributed by atoms with Gasteiger partial charge in [0, 0.05) is 29.4 Å². The van der Waals surface area contributed by atoms with E-state index in [1.165, 1.54) is 12.1 Å². The summed E-state index contributed by atoms with van der Waals surface area (Å²) in [6.45, 7) is 2.44. The molecule has 0 radical (unpaired) electrons. The third-order valence-electron chi connectivity index (χ3n) is 3.63. The van der Waals surface area contributed by atoms with Crippen LogP contribution in [-0.2, 0) is 13.0 Å². The van der Waals surface area contributed by atoms with E-state index in [-0.39, 0.29) is 11.5 Å². The zero-order chi connectivity index (χ0) is 13.7. The van der Waals surface area contributed by atoms with Crippen LogP contribution in [0.5, 0.6) is 0 Å². The highest BCUT2D eigenvalue weighted by molar-refractivity contribution is 9.10. The van der Waals surface area contributed by atoms with Crippen molar-refractivity contribution in [3.63, 3.8) is 0 Å². The van der Waals surface area contributed by atoms with Gasteiger partial charge >= 0.3 is 0 Å². The Labute approximate surface area is 122 Å². The Morgan fingerprint density at radius 3 is 2.84 bits per heavy atom. The van der Waals surface area contributed by atoms with Crippen LogP contribution in [0.3, 0.4) is 0 Å². The van der Waals surface area contributed by atoms with E-state index >= 15 is 0 Å². The van der Waals surface area contributed by atoms with Crippen molar-refractivity contribution < 1.29 is 8.78 Å². The van der Waals surface area contributed by atoms with Crippen molar-refractivity contribution in [3.8, 4) is 0 Å². The molecule has 0 unspecified atom stereocenters. The lowest BCUT2D eigenvalue weighted by Gasteiger charge is -2.13. The van der Waals surface area contributed by atoms with Gasteiger partial charge in [-0.05, 0) is 53.6 Å². The Morgan fingerprint density at radius 1 is 1.42 bits per heavy atom. The van der Waals surface area contributed by atoms with Crippen molar-refractivity contribution in [1.82, 2.24) is 9.55 Å². The molecule has 0 amide bonds. The molecule has 0 aliphatic carbocycles. The molecule has 1 N–H and O–H groups in total. The average Bonchev–Trinajstić information content (AvgIpc) is 2.88. The summed E-state index contributed by atoms with van der Waals surface area (Å²) in [5.41, 5.74) is 2.16.